The molecule has 1 unspecified atom stereocenters. The van der Waals surface area contributed by atoms with Gasteiger partial charge in [-0.15, -0.1) is 0 Å². The number of ketones is 1. The number of carbonyl (C=O) groups excluding carboxylic acids is 1. The Morgan fingerprint density at radius 3 is 2.14 bits per heavy atom. The van der Waals surface area contributed by atoms with E-state index in [4.69, 9.17) is 18.9 Å². The summed E-state index contributed by atoms with van der Waals surface area (Å²) in [5, 5.41) is 72.0. The Hall–Kier alpha value is -0.770. The first kappa shape index (κ1) is 32.2. The molecule has 0 bridgehead atoms. The molecular weight excluding hydrogens is 564 g/mol. The summed E-state index contributed by atoms with van der Waals surface area (Å²) >= 11 is 0. The quantitative estimate of drug-likeness (QED) is 0.192. The highest BCUT2D eigenvalue weighted by atomic mass is 16.7. The summed E-state index contributed by atoms with van der Waals surface area (Å²) in [6.45, 7) is 3.37. The SMILES string of the molecule is C[C@]12CC[C@H](O[C@@H]3O[C@H](CO)[C@@H](O[C@@H]4O[C@H](CO)[C@@H](O)[C@H](O)[C@H]4O)[C@H](O)[C@H]3O)CC1CC[C@@H]1[C@@H]2CC[C@]2(C)C(=O)CC[C@@H]12. The molecule has 6 rings (SSSR count). The number of hydrogen-bond donors (Lipinski definition) is 7. The molecule has 12 nitrogen and oxygen atoms in total. The predicted molar refractivity (Wildman–Crippen MR) is 148 cm³/mol. The van der Waals surface area contributed by atoms with Crippen molar-refractivity contribution in [3.05, 3.63) is 0 Å². The van der Waals surface area contributed by atoms with Gasteiger partial charge in [-0.05, 0) is 80.5 Å². The molecule has 4 aliphatic carbocycles. The first-order valence-electron chi connectivity index (χ1n) is 16.2. The lowest BCUT2D eigenvalue weighted by atomic mass is 9.45. The molecule has 17 atom stereocenters. The van der Waals surface area contributed by atoms with Crippen LogP contribution >= 0.6 is 0 Å². The normalized spacial score (nSPS) is 55.4. The van der Waals surface area contributed by atoms with E-state index in [2.05, 4.69) is 13.8 Å². The summed E-state index contributed by atoms with van der Waals surface area (Å²) in [7, 11) is 0. The van der Waals surface area contributed by atoms with Crippen molar-refractivity contribution < 1.29 is 59.5 Å². The average molecular weight is 615 g/mol. The molecule has 2 saturated heterocycles. The summed E-state index contributed by atoms with van der Waals surface area (Å²) in [6, 6.07) is 0. The van der Waals surface area contributed by atoms with Crippen LogP contribution in [0.15, 0.2) is 0 Å². The Kier molecular flexibility index (Phi) is 9.06. The molecule has 246 valence electrons. The van der Waals surface area contributed by atoms with Gasteiger partial charge in [0.05, 0.1) is 19.3 Å². The molecule has 4 saturated carbocycles. The number of fused-ring (bicyclic) bond motifs is 5. The van der Waals surface area contributed by atoms with Crippen molar-refractivity contribution >= 4 is 5.78 Å². The van der Waals surface area contributed by atoms with Gasteiger partial charge in [-0.25, -0.2) is 0 Å². The maximum atomic E-state index is 12.7. The van der Waals surface area contributed by atoms with Crippen LogP contribution in [0.4, 0.5) is 0 Å². The second kappa shape index (κ2) is 12.1. The van der Waals surface area contributed by atoms with Crippen molar-refractivity contribution in [2.45, 2.75) is 139 Å². The smallest absolute Gasteiger partial charge is 0.187 e. The molecular formula is C31H50O12. The van der Waals surface area contributed by atoms with Crippen molar-refractivity contribution in [2.75, 3.05) is 13.2 Å². The zero-order chi connectivity index (χ0) is 30.8. The summed E-state index contributed by atoms with van der Waals surface area (Å²) in [5.74, 6) is 2.57. The molecule has 0 aromatic heterocycles. The molecule has 6 aliphatic rings. The monoisotopic (exact) mass is 614 g/mol. The fraction of sp³-hybridized carbons (Fsp3) is 0.968. The highest BCUT2D eigenvalue weighted by Gasteiger charge is 2.60. The van der Waals surface area contributed by atoms with E-state index in [1.54, 1.807) is 0 Å². The molecule has 6 fully saturated rings. The van der Waals surface area contributed by atoms with Crippen LogP contribution in [0.2, 0.25) is 0 Å². The van der Waals surface area contributed by atoms with Gasteiger partial charge >= 0.3 is 0 Å². The molecule has 0 radical (unpaired) electrons. The van der Waals surface area contributed by atoms with Gasteiger partial charge in [-0.1, -0.05) is 13.8 Å². The highest BCUT2D eigenvalue weighted by Crippen LogP contribution is 2.65. The van der Waals surface area contributed by atoms with Crippen molar-refractivity contribution in [3.63, 3.8) is 0 Å². The highest BCUT2D eigenvalue weighted by molar-refractivity contribution is 5.87. The number of hydrogen-bond acceptors (Lipinski definition) is 12. The summed E-state index contributed by atoms with van der Waals surface area (Å²) in [6.07, 6.45) is -6.24. The third-order valence-corrected chi connectivity index (χ3v) is 12.6. The molecule has 43 heavy (non-hydrogen) atoms. The van der Waals surface area contributed by atoms with Crippen LogP contribution in [-0.4, -0.2) is 122 Å². The van der Waals surface area contributed by atoms with Crippen LogP contribution in [0.5, 0.6) is 0 Å². The fourth-order valence-corrected chi connectivity index (χ4v) is 9.97. The molecule has 2 heterocycles. The zero-order valence-electron chi connectivity index (χ0n) is 25.1. The lowest BCUT2D eigenvalue weighted by Crippen LogP contribution is -2.65. The van der Waals surface area contributed by atoms with Crippen LogP contribution < -0.4 is 0 Å². The van der Waals surface area contributed by atoms with E-state index in [-0.39, 0.29) is 16.9 Å². The zero-order valence-corrected chi connectivity index (χ0v) is 25.1. The van der Waals surface area contributed by atoms with Gasteiger partial charge in [0, 0.05) is 11.8 Å². The lowest BCUT2D eigenvalue weighted by Gasteiger charge is -2.60. The number of ether oxygens (including phenoxy) is 4. The Bertz CT molecular complexity index is 1010. The maximum absolute atomic E-state index is 12.7. The Balaban J connectivity index is 1.08. The Morgan fingerprint density at radius 2 is 1.42 bits per heavy atom. The van der Waals surface area contributed by atoms with Gasteiger partial charge in [0.25, 0.3) is 0 Å². The minimum atomic E-state index is -1.71. The second-order valence-electron chi connectivity index (χ2n) is 14.6. The van der Waals surface area contributed by atoms with Gasteiger partial charge in [-0.3, -0.25) is 4.79 Å². The number of Topliss-reactive ketones (excluding diaryl/α,β-unsaturated/α-hetero) is 1. The summed E-state index contributed by atoms with van der Waals surface area (Å²) in [4.78, 5) is 12.7. The summed E-state index contributed by atoms with van der Waals surface area (Å²) in [5.41, 5.74) is 0.0207. The van der Waals surface area contributed by atoms with Crippen LogP contribution in [0, 0.1) is 34.5 Å². The molecule has 12 heteroatoms. The van der Waals surface area contributed by atoms with E-state index in [9.17, 15) is 40.5 Å². The first-order chi connectivity index (χ1) is 20.4. The van der Waals surface area contributed by atoms with Crippen molar-refractivity contribution in [3.8, 4) is 0 Å². The number of rotatable bonds is 6. The molecule has 7 N–H and O–H groups in total. The van der Waals surface area contributed by atoms with Crippen molar-refractivity contribution in [1.29, 1.82) is 0 Å². The Labute approximate surface area is 252 Å². The van der Waals surface area contributed by atoms with Gasteiger partial charge in [0.15, 0.2) is 12.6 Å². The fourth-order valence-electron chi connectivity index (χ4n) is 9.97. The minimum Gasteiger partial charge on any atom is -0.394 e. The van der Waals surface area contributed by atoms with Gasteiger partial charge < -0.3 is 54.7 Å². The standard InChI is InChI=1S/C31H50O12/c1-30-9-7-15(11-14(30)3-4-16-17-5-6-21(34)31(17,2)10-8-18(16)30)40-28-26(39)24(37)27(20(13-33)42-28)43-29-25(38)23(36)22(35)19(12-32)41-29/h14-20,22-29,32-33,35-39H,3-13H2,1-2H3/t14?,15-,16-,17-,18-,19+,20+,22+,23-,24+,25+,26+,27+,28+,29-,30-,31-/m0/s1. The Morgan fingerprint density at radius 1 is 0.744 bits per heavy atom. The lowest BCUT2D eigenvalue weighted by molar-refractivity contribution is -0.364. The molecule has 0 aromatic rings. The first-order valence-corrected chi connectivity index (χ1v) is 16.2. The molecule has 0 aromatic carbocycles. The largest absolute Gasteiger partial charge is 0.394 e. The van der Waals surface area contributed by atoms with Crippen molar-refractivity contribution in [2.24, 2.45) is 34.5 Å². The summed E-state index contributed by atoms with van der Waals surface area (Å²) < 4.78 is 23.2. The van der Waals surface area contributed by atoms with Crippen molar-refractivity contribution in [1.82, 2.24) is 0 Å². The minimum absolute atomic E-state index is 0.145. The van der Waals surface area contributed by atoms with Crippen LogP contribution in [0.1, 0.15) is 71.6 Å². The molecule has 0 spiro atoms. The second-order valence-corrected chi connectivity index (χ2v) is 14.6. The van der Waals surface area contributed by atoms with E-state index in [1.807, 2.05) is 0 Å². The van der Waals surface area contributed by atoms with E-state index in [0.717, 1.165) is 57.8 Å². The number of carbonyl (C=O) groups is 1. The topological polar surface area (TPSA) is 196 Å². The number of aliphatic hydroxyl groups is 7. The molecule has 2 aliphatic heterocycles. The van der Waals surface area contributed by atoms with E-state index in [0.29, 0.717) is 29.5 Å². The average Bonchev–Trinajstić information content (AvgIpc) is 3.30. The third-order valence-electron chi connectivity index (χ3n) is 12.6. The van der Waals surface area contributed by atoms with E-state index in [1.165, 1.54) is 0 Å². The van der Waals surface area contributed by atoms with E-state index < -0.39 is 74.6 Å². The van der Waals surface area contributed by atoms with Crippen LogP contribution in [-0.2, 0) is 23.7 Å². The third kappa shape index (κ3) is 5.32. The predicted octanol–water partition coefficient (Wildman–Crippen LogP) is -0.392. The van der Waals surface area contributed by atoms with E-state index >= 15 is 0 Å². The molecule has 0 amide bonds. The number of aliphatic hydroxyl groups excluding tert-OH is 7. The van der Waals surface area contributed by atoms with Gasteiger partial charge in [-0.2, -0.15) is 0 Å². The van der Waals surface area contributed by atoms with Gasteiger partial charge in [0.2, 0.25) is 0 Å². The van der Waals surface area contributed by atoms with Crippen LogP contribution in [0.25, 0.3) is 0 Å². The maximum Gasteiger partial charge on any atom is 0.187 e. The van der Waals surface area contributed by atoms with Crippen LogP contribution in [0.3, 0.4) is 0 Å². The van der Waals surface area contributed by atoms with Gasteiger partial charge in [0.1, 0.15) is 54.6 Å².